The third-order valence-corrected chi connectivity index (χ3v) is 4.02. The molecule has 2 aromatic carbocycles. The number of amides is 1. The molecular weight excluding hydrogens is 258 g/mol. The molecule has 0 radical (unpaired) electrons. The van der Waals surface area contributed by atoms with Crippen LogP contribution in [-0.4, -0.2) is 5.91 Å². The molecule has 0 unspecified atom stereocenters. The van der Waals surface area contributed by atoms with E-state index in [2.05, 4.69) is 23.5 Å². The summed E-state index contributed by atoms with van der Waals surface area (Å²) in [6, 6.07) is 16.4. The molecule has 1 aliphatic carbocycles. The fourth-order valence-electron chi connectivity index (χ4n) is 2.89. The number of hydrogen-bond donors (Lipinski definition) is 1. The summed E-state index contributed by atoms with van der Waals surface area (Å²) < 4.78 is 0. The lowest BCUT2D eigenvalue weighted by Crippen LogP contribution is -2.30. The zero-order valence-electron chi connectivity index (χ0n) is 12.6. The molecule has 0 spiro atoms. The quantitative estimate of drug-likeness (QED) is 0.893. The van der Waals surface area contributed by atoms with Gasteiger partial charge in [0.05, 0.1) is 6.04 Å². The van der Waals surface area contributed by atoms with Crippen LogP contribution in [0.25, 0.3) is 0 Å². The highest BCUT2D eigenvalue weighted by molar-refractivity contribution is 5.94. The van der Waals surface area contributed by atoms with Crippen molar-refractivity contribution in [1.82, 2.24) is 5.32 Å². The first-order valence-corrected chi connectivity index (χ1v) is 7.57. The maximum Gasteiger partial charge on any atom is 0.251 e. The van der Waals surface area contributed by atoms with Crippen LogP contribution in [0, 0.1) is 19.8 Å². The van der Waals surface area contributed by atoms with Crippen molar-refractivity contribution >= 4 is 5.91 Å². The Morgan fingerprint density at radius 2 is 1.67 bits per heavy atom. The normalized spacial score (nSPS) is 15.5. The van der Waals surface area contributed by atoms with Crippen LogP contribution in [0.2, 0.25) is 0 Å². The number of rotatable bonds is 4. The molecule has 0 saturated heterocycles. The van der Waals surface area contributed by atoms with Gasteiger partial charge in [0.15, 0.2) is 0 Å². The second-order valence-electron chi connectivity index (χ2n) is 6.08. The van der Waals surface area contributed by atoms with E-state index in [-0.39, 0.29) is 11.9 Å². The van der Waals surface area contributed by atoms with Crippen LogP contribution in [0.4, 0.5) is 0 Å². The fraction of sp³-hybridized carbons (Fsp3) is 0.316. The smallest absolute Gasteiger partial charge is 0.251 e. The molecular formula is C19H21NO. The van der Waals surface area contributed by atoms with Gasteiger partial charge in [-0.05, 0) is 50.3 Å². The molecule has 1 amide bonds. The number of hydrogen-bond acceptors (Lipinski definition) is 1. The molecule has 0 heterocycles. The molecule has 2 heteroatoms. The van der Waals surface area contributed by atoms with Gasteiger partial charge >= 0.3 is 0 Å². The van der Waals surface area contributed by atoms with Gasteiger partial charge in [-0.2, -0.15) is 0 Å². The molecule has 1 fully saturated rings. The third kappa shape index (κ3) is 3.33. The summed E-state index contributed by atoms with van der Waals surface area (Å²) >= 11 is 0. The summed E-state index contributed by atoms with van der Waals surface area (Å²) in [5, 5.41) is 3.23. The maximum atomic E-state index is 12.6. The van der Waals surface area contributed by atoms with Crippen LogP contribution in [0.15, 0.2) is 48.5 Å². The highest BCUT2D eigenvalue weighted by Crippen LogP contribution is 2.41. The second kappa shape index (κ2) is 5.72. The van der Waals surface area contributed by atoms with Crippen molar-refractivity contribution in [3.8, 4) is 0 Å². The van der Waals surface area contributed by atoms with Crippen molar-refractivity contribution < 1.29 is 4.79 Å². The minimum Gasteiger partial charge on any atom is -0.345 e. The molecule has 1 N–H and O–H groups in total. The van der Waals surface area contributed by atoms with Crippen molar-refractivity contribution in [2.75, 3.05) is 0 Å². The average Bonchev–Trinajstić information content (AvgIpc) is 3.29. The average molecular weight is 279 g/mol. The van der Waals surface area contributed by atoms with Gasteiger partial charge < -0.3 is 5.32 Å². The summed E-state index contributed by atoms with van der Waals surface area (Å²) in [6.45, 7) is 4.05. The second-order valence-corrected chi connectivity index (χ2v) is 6.08. The van der Waals surface area contributed by atoms with Crippen LogP contribution in [-0.2, 0) is 0 Å². The molecule has 2 aromatic rings. The van der Waals surface area contributed by atoms with E-state index in [1.165, 1.54) is 18.4 Å². The molecule has 21 heavy (non-hydrogen) atoms. The van der Waals surface area contributed by atoms with Gasteiger partial charge in [-0.25, -0.2) is 0 Å². The topological polar surface area (TPSA) is 29.1 Å². The van der Waals surface area contributed by atoms with Gasteiger partial charge in [0.25, 0.3) is 5.91 Å². The van der Waals surface area contributed by atoms with E-state index in [1.54, 1.807) is 0 Å². The molecule has 2 nitrogen and oxygen atoms in total. The van der Waals surface area contributed by atoms with E-state index in [0.29, 0.717) is 5.92 Å². The van der Waals surface area contributed by atoms with Crippen LogP contribution < -0.4 is 5.32 Å². The van der Waals surface area contributed by atoms with E-state index < -0.39 is 0 Å². The number of aryl methyl sites for hydroxylation is 2. The summed E-state index contributed by atoms with van der Waals surface area (Å²) in [7, 11) is 0. The highest BCUT2D eigenvalue weighted by Gasteiger charge is 2.33. The number of carbonyl (C=O) groups is 1. The summed E-state index contributed by atoms with van der Waals surface area (Å²) in [5.41, 5.74) is 4.22. The lowest BCUT2D eigenvalue weighted by atomic mass is 10.0. The Hall–Kier alpha value is -2.09. The van der Waals surface area contributed by atoms with E-state index in [0.717, 1.165) is 16.7 Å². The molecule has 3 rings (SSSR count). The Labute approximate surface area is 126 Å². The molecule has 0 aromatic heterocycles. The van der Waals surface area contributed by atoms with E-state index in [4.69, 9.17) is 0 Å². The highest BCUT2D eigenvalue weighted by atomic mass is 16.1. The van der Waals surface area contributed by atoms with Crippen molar-refractivity contribution in [1.29, 1.82) is 0 Å². The number of carbonyl (C=O) groups excluding carboxylic acids is 1. The fourth-order valence-corrected chi connectivity index (χ4v) is 2.89. The zero-order chi connectivity index (χ0) is 14.8. The summed E-state index contributed by atoms with van der Waals surface area (Å²) in [6.07, 6.45) is 2.40. The van der Waals surface area contributed by atoms with Crippen molar-refractivity contribution in [3.63, 3.8) is 0 Å². The first kappa shape index (κ1) is 13.9. The number of benzene rings is 2. The van der Waals surface area contributed by atoms with Crippen molar-refractivity contribution in [3.05, 3.63) is 70.8 Å². The standard InChI is InChI=1S/C19H21NO/c1-13-10-14(2)12-17(11-13)19(21)20-18(16-8-9-16)15-6-4-3-5-7-15/h3-7,10-12,16,18H,8-9H2,1-2H3,(H,20,21)/t18-/m0/s1. The first-order valence-electron chi connectivity index (χ1n) is 7.57. The minimum atomic E-state index is 0.0301. The van der Waals surface area contributed by atoms with Gasteiger partial charge in [-0.1, -0.05) is 47.5 Å². The first-order chi connectivity index (χ1) is 10.1. The van der Waals surface area contributed by atoms with E-state index in [9.17, 15) is 4.79 Å². The largest absolute Gasteiger partial charge is 0.345 e. The lowest BCUT2D eigenvalue weighted by molar-refractivity contribution is 0.0931. The van der Waals surface area contributed by atoms with Crippen LogP contribution >= 0.6 is 0 Å². The predicted molar refractivity (Wildman–Crippen MR) is 85.3 cm³/mol. The van der Waals surface area contributed by atoms with E-state index in [1.807, 2.05) is 44.2 Å². The Morgan fingerprint density at radius 3 is 2.24 bits per heavy atom. The number of nitrogens with one attached hydrogen (secondary N) is 1. The van der Waals surface area contributed by atoms with Crippen molar-refractivity contribution in [2.45, 2.75) is 32.7 Å². The monoisotopic (exact) mass is 279 g/mol. The van der Waals surface area contributed by atoms with E-state index >= 15 is 0 Å². The molecule has 0 aliphatic heterocycles. The molecule has 1 saturated carbocycles. The summed E-state index contributed by atoms with van der Waals surface area (Å²) in [5.74, 6) is 0.616. The molecule has 0 bridgehead atoms. The Kier molecular flexibility index (Phi) is 3.78. The van der Waals surface area contributed by atoms with Gasteiger partial charge in [-0.3, -0.25) is 4.79 Å². The maximum absolute atomic E-state index is 12.6. The minimum absolute atomic E-state index is 0.0301. The summed E-state index contributed by atoms with van der Waals surface area (Å²) in [4.78, 5) is 12.6. The molecule has 108 valence electrons. The zero-order valence-corrected chi connectivity index (χ0v) is 12.6. The Balaban J connectivity index is 1.81. The van der Waals surface area contributed by atoms with Gasteiger partial charge in [-0.15, -0.1) is 0 Å². The Morgan fingerprint density at radius 1 is 1.05 bits per heavy atom. The molecule has 1 aliphatic rings. The van der Waals surface area contributed by atoms with Crippen LogP contribution in [0.5, 0.6) is 0 Å². The van der Waals surface area contributed by atoms with Crippen LogP contribution in [0.3, 0.4) is 0 Å². The predicted octanol–water partition coefficient (Wildman–Crippen LogP) is 4.18. The molecule has 1 atom stereocenters. The third-order valence-electron chi connectivity index (χ3n) is 4.02. The van der Waals surface area contributed by atoms with Gasteiger partial charge in [0, 0.05) is 5.56 Å². The lowest BCUT2D eigenvalue weighted by Gasteiger charge is -2.19. The Bertz CT molecular complexity index is 624. The van der Waals surface area contributed by atoms with Gasteiger partial charge in [0.2, 0.25) is 0 Å². The van der Waals surface area contributed by atoms with Gasteiger partial charge in [0.1, 0.15) is 0 Å². The van der Waals surface area contributed by atoms with Crippen molar-refractivity contribution in [2.24, 2.45) is 5.92 Å². The van der Waals surface area contributed by atoms with Crippen LogP contribution in [0.1, 0.15) is 45.9 Å². The SMILES string of the molecule is Cc1cc(C)cc(C(=O)N[C@@H](c2ccccc2)C2CC2)c1.